The number of nitrogens with zero attached hydrogens (tertiary/aromatic N) is 1. The highest BCUT2D eigenvalue weighted by atomic mass is 32.1. The van der Waals surface area contributed by atoms with Gasteiger partial charge in [-0.3, -0.25) is 0 Å². The molecule has 0 aliphatic carbocycles. The van der Waals surface area contributed by atoms with E-state index in [9.17, 15) is 9.59 Å². The van der Waals surface area contributed by atoms with Crippen LogP contribution in [0.4, 0.5) is 0 Å². The summed E-state index contributed by atoms with van der Waals surface area (Å²) in [6.07, 6.45) is 1.30. The number of rotatable bonds is 5. The predicted octanol–water partition coefficient (Wildman–Crippen LogP) is 3.26. The SMILES string of the molecule is CCOC(=O)/C(C#N)=C/c1ccc(-c2ccsc2C(=O)OC)o1. The minimum Gasteiger partial charge on any atom is -0.465 e. The predicted molar refractivity (Wildman–Crippen MR) is 83.6 cm³/mol. The second kappa shape index (κ2) is 7.42. The van der Waals surface area contributed by atoms with E-state index >= 15 is 0 Å². The Bertz CT molecular complexity index is 793. The molecule has 0 atom stereocenters. The molecule has 0 bridgehead atoms. The first kappa shape index (κ1) is 16.5. The van der Waals surface area contributed by atoms with Crippen molar-refractivity contribution in [2.75, 3.05) is 13.7 Å². The van der Waals surface area contributed by atoms with Crippen LogP contribution in [-0.4, -0.2) is 25.7 Å². The Morgan fingerprint density at radius 1 is 1.39 bits per heavy atom. The van der Waals surface area contributed by atoms with Crippen molar-refractivity contribution in [2.45, 2.75) is 6.92 Å². The largest absolute Gasteiger partial charge is 0.465 e. The number of hydrogen-bond donors (Lipinski definition) is 0. The van der Waals surface area contributed by atoms with Gasteiger partial charge in [0.05, 0.1) is 13.7 Å². The molecule has 23 heavy (non-hydrogen) atoms. The molecule has 7 heteroatoms. The van der Waals surface area contributed by atoms with E-state index in [-0.39, 0.29) is 12.2 Å². The lowest BCUT2D eigenvalue weighted by atomic mass is 10.2. The standard InChI is InChI=1S/C16H13NO5S/c1-3-21-15(18)10(9-17)8-11-4-5-13(22-11)12-6-7-23-14(12)16(19)20-2/h4-8H,3H2,1-2H3/b10-8+. The van der Waals surface area contributed by atoms with Gasteiger partial charge in [0.2, 0.25) is 0 Å². The Morgan fingerprint density at radius 3 is 2.83 bits per heavy atom. The van der Waals surface area contributed by atoms with Crippen molar-refractivity contribution in [3.8, 4) is 17.4 Å². The molecule has 0 aliphatic rings. The van der Waals surface area contributed by atoms with Crippen molar-refractivity contribution in [3.05, 3.63) is 39.8 Å². The highest BCUT2D eigenvalue weighted by Gasteiger charge is 2.18. The van der Waals surface area contributed by atoms with E-state index in [1.165, 1.54) is 24.5 Å². The summed E-state index contributed by atoms with van der Waals surface area (Å²) in [6.45, 7) is 1.83. The molecule has 0 amide bonds. The van der Waals surface area contributed by atoms with E-state index in [0.717, 1.165) is 0 Å². The summed E-state index contributed by atoms with van der Waals surface area (Å²) in [5.74, 6) is -0.405. The normalized spacial score (nSPS) is 10.9. The molecule has 0 unspecified atom stereocenters. The van der Waals surface area contributed by atoms with E-state index in [2.05, 4.69) is 0 Å². The summed E-state index contributed by atoms with van der Waals surface area (Å²) in [5.41, 5.74) is 0.433. The van der Waals surface area contributed by atoms with E-state index in [0.29, 0.717) is 22.0 Å². The summed E-state index contributed by atoms with van der Waals surface area (Å²) >= 11 is 1.24. The summed E-state index contributed by atoms with van der Waals surface area (Å²) in [7, 11) is 1.31. The van der Waals surface area contributed by atoms with Gasteiger partial charge in [-0.2, -0.15) is 5.26 Å². The average molecular weight is 331 g/mol. The number of thiophene rings is 1. The number of nitriles is 1. The van der Waals surface area contributed by atoms with Crippen molar-refractivity contribution in [1.29, 1.82) is 5.26 Å². The first-order valence-corrected chi connectivity index (χ1v) is 7.53. The van der Waals surface area contributed by atoms with Crippen LogP contribution in [0.5, 0.6) is 0 Å². The number of ether oxygens (including phenoxy) is 2. The van der Waals surface area contributed by atoms with Crippen LogP contribution in [0.25, 0.3) is 17.4 Å². The Labute approximate surface area is 136 Å². The van der Waals surface area contributed by atoms with Gasteiger partial charge in [-0.25, -0.2) is 9.59 Å². The molecule has 0 spiro atoms. The molecule has 2 rings (SSSR count). The van der Waals surface area contributed by atoms with Crippen molar-refractivity contribution in [1.82, 2.24) is 0 Å². The molecule has 0 radical (unpaired) electrons. The average Bonchev–Trinajstić information content (AvgIpc) is 3.20. The van der Waals surface area contributed by atoms with Crippen molar-refractivity contribution in [3.63, 3.8) is 0 Å². The molecular weight excluding hydrogens is 318 g/mol. The minimum atomic E-state index is -0.710. The zero-order chi connectivity index (χ0) is 16.8. The summed E-state index contributed by atoms with van der Waals surface area (Å²) in [6, 6.07) is 6.76. The Morgan fingerprint density at radius 2 is 2.17 bits per heavy atom. The van der Waals surface area contributed by atoms with Gasteiger partial charge in [-0.15, -0.1) is 11.3 Å². The van der Waals surface area contributed by atoms with Crippen LogP contribution < -0.4 is 0 Å². The van der Waals surface area contributed by atoms with E-state index in [4.69, 9.17) is 19.2 Å². The molecule has 118 valence electrons. The van der Waals surface area contributed by atoms with Gasteiger partial charge in [-0.1, -0.05) is 0 Å². The molecule has 0 aliphatic heterocycles. The Balaban J connectivity index is 2.31. The second-order valence-corrected chi connectivity index (χ2v) is 5.16. The van der Waals surface area contributed by atoms with Crippen LogP contribution in [0.3, 0.4) is 0 Å². The number of furan rings is 1. The van der Waals surface area contributed by atoms with Crippen molar-refractivity contribution in [2.24, 2.45) is 0 Å². The van der Waals surface area contributed by atoms with Crippen molar-refractivity contribution < 1.29 is 23.5 Å². The van der Waals surface area contributed by atoms with E-state index < -0.39 is 11.9 Å². The number of methoxy groups -OCH3 is 1. The van der Waals surface area contributed by atoms with Crippen LogP contribution in [0.2, 0.25) is 0 Å². The fourth-order valence-electron chi connectivity index (χ4n) is 1.82. The summed E-state index contributed by atoms with van der Waals surface area (Å²) in [4.78, 5) is 23.7. The molecule has 0 N–H and O–H groups in total. The quantitative estimate of drug-likeness (QED) is 0.474. The van der Waals surface area contributed by atoms with Gasteiger partial charge in [0, 0.05) is 11.6 Å². The molecule has 0 aromatic carbocycles. The fraction of sp³-hybridized carbons (Fsp3) is 0.188. The zero-order valence-electron chi connectivity index (χ0n) is 12.5. The van der Waals surface area contributed by atoms with Crippen LogP contribution in [-0.2, 0) is 14.3 Å². The highest BCUT2D eigenvalue weighted by molar-refractivity contribution is 7.12. The van der Waals surface area contributed by atoms with E-state index in [1.807, 2.05) is 0 Å². The third kappa shape index (κ3) is 3.67. The molecule has 0 saturated carbocycles. The topological polar surface area (TPSA) is 89.5 Å². The van der Waals surface area contributed by atoms with Crippen LogP contribution in [0, 0.1) is 11.3 Å². The third-order valence-corrected chi connectivity index (χ3v) is 3.73. The van der Waals surface area contributed by atoms with Gasteiger partial charge in [0.15, 0.2) is 0 Å². The Kier molecular flexibility index (Phi) is 5.33. The van der Waals surface area contributed by atoms with Crippen LogP contribution >= 0.6 is 11.3 Å². The summed E-state index contributed by atoms with van der Waals surface area (Å²) in [5, 5.41) is 10.8. The van der Waals surface area contributed by atoms with Crippen LogP contribution in [0.1, 0.15) is 22.4 Å². The fourth-order valence-corrected chi connectivity index (χ4v) is 2.63. The summed E-state index contributed by atoms with van der Waals surface area (Å²) < 4.78 is 15.1. The first-order chi connectivity index (χ1) is 11.1. The monoisotopic (exact) mass is 331 g/mol. The molecular formula is C16H13NO5S. The number of carbonyl (C=O) groups excluding carboxylic acids is 2. The maximum atomic E-state index is 11.7. The van der Waals surface area contributed by atoms with Gasteiger partial charge >= 0.3 is 11.9 Å². The van der Waals surface area contributed by atoms with Crippen molar-refractivity contribution >= 4 is 29.4 Å². The van der Waals surface area contributed by atoms with E-state index in [1.54, 1.807) is 36.6 Å². The maximum absolute atomic E-state index is 11.7. The third-order valence-electron chi connectivity index (χ3n) is 2.83. The molecule has 2 aromatic rings. The highest BCUT2D eigenvalue weighted by Crippen LogP contribution is 2.31. The lowest BCUT2D eigenvalue weighted by molar-refractivity contribution is -0.137. The van der Waals surface area contributed by atoms with Gasteiger partial charge in [-0.05, 0) is 30.5 Å². The lowest BCUT2D eigenvalue weighted by Crippen LogP contribution is -2.05. The smallest absolute Gasteiger partial charge is 0.349 e. The van der Waals surface area contributed by atoms with Gasteiger partial charge in [0.1, 0.15) is 28.0 Å². The number of carbonyl (C=O) groups is 2. The van der Waals surface area contributed by atoms with Gasteiger partial charge in [0.25, 0.3) is 0 Å². The molecule has 0 fully saturated rings. The molecule has 2 aromatic heterocycles. The number of esters is 2. The van der Waals surface area contributed by atoms with Gasteiger partial charge < -0.3 is 13.9 Å². The number of hydrogen-bond acceptors (Lipinski definition) is 7. The molecule has 2 heterocycles. The van der Waals surface area contributed by atoms with Crippen LogP contribution in [0.15, 0.2) is 33.6 Å². The zero-order valence-corrected chi connectivity index (χ0v) is 13.3. The lowest BCUT2D eigenvalue weighted by Gasteiger charge is -1.99. The molecule has 6 nitrogen and oxygen atoms in total. The maximum Gasteiger partial charge on any atom is 0.349 e. The minimum absolute atomic E-state index is 0.161. The Hall–Kier alpha value is -2.85. The second-order valence-electron chi connectivity index (χ2n) is 4.25. The molecule has 0 saturated heterocycles. The first-order valence-electron chi connectivity index (χ1n) is 6.65.